The van der Waals surface area contributed by atoms with E-state index >= 15 is 0 Å². The standard InChI is InChI=1S/C23H23Cl2N5O/c1-23(2,3)13-27-22-26-9-7-17(28-22)21-20(15-5-4-6-16(24)19(15)25)29-18-11-14(12-31)8-10-30(18)21/h4-11,31H,12-13H2,1-3H3,(H,26,27,28). The molecule has 0 aliphatic rings. The van der Waals surface area contributed by atoms with Gasteiger partial charge in [-0.2, -0.15) is 0 Å². The zero-order valence-corrected chi connectivity index (χ0v) is 19.0. The normalized spacial score (nSPS) is 11.8. The number of hydrogen-bond acceptors (Lipinski definition) is 5. The maximum absolute atomic E-state index is 9.54. The van der Waals surface area contributed by atoms with Crippen LogP contribution in [0.15, 0.2) is 48.8 Å². The average Bonchev–Trinajstić information content (AvgIpc) is 3.12. The van der Waals surface area contributed by atoms with Crippen LogP contribution in [0.2, 0.25) is 10.0 Å². The van der Waals surface area contributed by atoms with E-state index in [1.165, 1.54) is 0 Å². The van der Waals surface area contributed by atoms with Crippen LogP contribution in [0.1, 0.15) is 26.3 Å². The Morgan fingerprint density at radius 1 is 1.10 bits per heavy atom. The lowest BCUT2D eigenvalue weighted by Crippen LogP contribution is -2.20. The number of aromatic nitrogens is 4. The summed E-state index contributed by atoms with van der Waals surface area (Å²) in [6.45, 7) is 7.10. The summed E-state index contributed by atoms with van der Waals surface area (Å²) < 4.78 is 1.93. The summed E-state index contributed by atoms with van der Waals surface area (Å²) in [4.78, 5) is 13.9. The van der Waals surface area contributed by atoms with Gasteiger partial charge in [0.15, 0.2) is 0 Å². The summed E-state index contributed by atoms with van der Waals surface area (Å²) in [6.07, 6.45) is 3.59. The molecule has 0 aliphatic heterocycles. The zero-order chi connectivity index (χ0) is 22.2. The molecule has 4 rings (SSSR count). The lowest BCUT2D eigenvalue weighted by molar-refractivity contribution is 0.282. The lowest BCUT2D eigenvalue weighted by atomic mass is 9.97. The Morgan fingerprint density at radius 2 is 1.90 bits per heavy atom. The fraction of sp³-hybridized carbons (Fsp3) is 0.261. The van der Waals surface area contributed by atoms with Crippen LogP contribution in [0.25, 0.3) is 28.3 Å². The van der Waals surface area contributed by atoms with Gasteiger partial charge in [0.05, 0.1) is 28.0 Å². The number of pyridine rings is 1. The molecule has 3 aromatic heterocycles. The van der Waals surface area contributed by atoms with Gasteiger partial charge in [-0.25, -0.2) is 15.0 Å². The first-order valence-electron chi connectivity index (χ1n) is 9.90. The molecule has 0 aliphatic carbocycles. The van der Waals surface area contributed by atoms with Crippen LogP contribution in [0.3, 0.4) is 0 Å². The molecule has 1 aromatic carbocycles. The molecule has 0 fully saturated rings. The van der Waals surface area contributed by atoms with Gasteiger partial charge in [-0.05, 0) is 35.2 Å². The van der Waals surface area contributed by atoms with E-state index in [0.717, 1.165) is 17.8 Å². The van der Waals surface area contributed by atoms with Crippen LogP contribution in [-0.2, 0) is 6.61 Å². The first-order valence-corrected chi connectivity index (χ1v) is 10.7. The fourth-order valence-corrected chi connectivity index (χ4v) is 3.61. The number of rotatable bonds is 5. The topological polar surface area (TPSA) is 75.3 Å². The third-order valence-electron chi connectivity index (χ3n) is 4.75. The van der Waals surface area contributed by atoms with Crippen LogP contribution < -0.4 is 5.32 Å². The minimum absolute atomic E-state index is 0.0691. The van der Waals surface area contributed by atoms with Crippen molar-refractivity contribution in [2.75, 3.05) is 11.9 Å². The summed E-state index contributed by atoms with van der Waals surface area (Å²) in [5.41, 5.74) is 4.36. The second kappa shape index (κ2) is 8.46. The molecule has 31 heavy (non-hydrogen) atoms. The summed E-state index contributed by atoms with van der Waals surface area (Å²) >= 11 is 12.8. The van der Waals surface area contributed by atoms with Crippen LogP contribution in [0, 0.1) is 5.41 Å². The van der Waals surface area contributed by atoms with Crippen molar-refractivity contribution in [1.29, 1.82) is 0 Å². The van der Waals surface area contributed by atoms with Crippen molar-refractivity contribution in [2.45, 2.75) is 27.4 Å². The summed E-state index contributed by atoms with van der Waals surface area (Å²) in [7, 11) is 0. The summed E-state index contributed by atoms with van der Waals surface area (Å²) in [5.74, 6) is 0.539. The van der Waals surface area contributed by atoms with E-state index in [-0.39, 0.29) is 12.0 Å². The molecule has 8 heteroatoms. The molecule has 0 amide bonds. The summed E-state index contributed by atoms with van der Waals surface area (Å²) in [5, 5.41) is 13.7. The molecule has 4 aromatic rings. The minimum Gasteiger partial charge on any atom is -0.392 e. The smallest absolute Gasteiger partial charge is 0.223 e. The Labute approximate surface area is 190 Å². The molecule has 6 nitrogen and oxygen atoms in total. The number of aliphatic hydroxyl groups excluding tert-OH is 1. The molecule has 2 N–H and O–H groups in total. The molecule has 160 valence electrons. The second-order valence-corrected chi connectivity index (χ2v) is 9.30. The van der Waals surface area contributed by atoms with Crippen molar-refractivity contribution < 1.29 is 5.11 Å². The van der Waals surface area contributed by atoms with Crippen molar-refractivity contribution in [3.8, 4) is 22.6 Å². The molecule has 0 spiro atoms. The highest BCUT2D eigenvalue weighted by Crippen LogP contribution is 2.38. The number of aliphatic hydroxyl groups is 1. The Bertz CT molecular complexity index is 1250. The van der Waals surface area contributed by atoms with Crippen LogP contribution in [0.4, 0.5) is 5.95 Å². The maximum atomic E-state index is 9.54. The van der Waals surface area contributed by atoms with Gasteiger partial charge in [0.25, 0.3) is 0 Å². The number of nitrogens with zero attached hydrogens (tertiary/aromatic N) is 4. The van der Waals surface area contributed by atoms with Gasteiger partial charge in [-0.1, -0.05) is 56.1 Å². The first-order chi connectivity index (χ1) is 14.8. The van der Waals surface area contributed by atoms with E-state index < -0.39 is 0 Å². The molecule has 0 unspecified atom stereocenters. The molecule has 0 bridgehead atoms. The van der Waals surface area contributed by atoms with Gasteiger partial charge < -0.3 is 10.4 Å². The first kappa shape index (κ1) is 21.6. The minimum atomic E-state index is -0.0691. The van der Waals surface area contributed by atoms with Crippen LogP contribution in [0.5, 0.6) is 0 Å². The molecule has 0 radical (unpaired) electrons. The Morgan fingerprint density at radius 3 is 2.65 bits per heavy atom. The molecule has 3 heterocycles. The van der Waals surface area contributed by atoms with Crippen molar-refractivity contribution in [3.05, 3.63) is 64.4 Å². The van der Waals surface area contributed by atoms with Crippen molar-refractivity contribution in [2.24, 2.45) is 5.41 Å². The number of imidazole rings is 1. The maximum Gasteiger partial charge on any atom is 0.223 e. The Hall–Kier alpha value is -2.67. The predicted octanol–water partition coefficient (Wildman–Crippen LogP) is 5.72. The number of fused-ring (bicyclic) bond motifs is 1. The molecule has 0 saturated heterocycles. The fourth-order valence-electron chi connectivity index (χ4n) is 3.22. The van der Waals surface area contributed by atoms with E-state index in [1.807, 2.05) is 40.9 Å². The van der Waals surface area contributed by atoms with Crippen LogP contribution in [-0.4, -0.2) is 31.0 Å². The van der Waals surface area contributed by atoms with E-state index in [1.54, 1.807) is 12.3 Å². The highest BCUT2D eigenvalue weighted by molar-refractivity contribution is 6.43. The summed E-state index contributed by atoms with van der Waals surface area (Å²) in [6, 6.07) is 11.0. The Balaban J connectivity index is 1.91. The van der Waals surface area contributed by atoms with Crippen molar-refractivity contribution >= 4 is 34.8 Å². The van der Waals surface area contributed by atoms with Crippen LogP contribution >= 0.6 is 23.2 Å². The van der Waals surface area contributed by atoms with Crippen molar-refractivity contribution in [1.82, 2.24) is 19.4 Å². The third-order valence-corrected chi connectivity index (χ3v) is 5.57. The molecule has 0 atom stereocenters. The number of anilines is 1. The Kier molecular flexibility index (Phi) is 5.88. The van der Waals surface area contributed by atoms with E-state index in [0.29, 0.717) is 38.6 Å². The van der Waals surface area contributed by atoms with Gasteiger partial charge in [0.2, 0.25) is 5.95 Å². The lowest BCUT2D eigenvalue weighted by Gasteiger charge is -2.18. The SMILES string of the molecule is CC(C)(C)CNc1nccc(-c2c(-c3cccc(Cl)c3Cl)nc3cc(CO)ccn23)n1. The number of halogens is 2. The van der Waals surface area contributed by atoms with Crippen molar-refractivity contribution in [3.63, 3.8) is 0 Å². The molecule has 0 saturated carbocycles. The molecular formula is C23H23Cl2N5O. The second-order valence-electron chi connectivity index (χ2n) is 8.51. The monoisotopic (exact) mass is 455 g/mol. The van der Waals surface area contributed by atoms with E-state index in [2.05, 4.69) is 31.1 Å². The van der Waals surface area contributed by atoms with Gasteiger partial charge in [-0.15, -0.1) is 0 Å². The van der Waals surface area contributed by atoms with E-state index in [9.17, 15) is 5.11 Å². The molecular weight excluding hydrogens is 433 g/mol. The average molecular weight is 456 g/mol. The van der Waals surface area contributed by atoms with Gasteiger partial charge in [0, 0.05) is 24.5 Å². The quantitative estimate of drug-likeness (QED) is 0.402. The predicted molar refractivity (Wildman–Crippen MR) is 126 cm³/mol. The third kappa shape index (κ3) is 4.51. The van der Waals surface area contributed by atoms with Gasteiger partial charge in [-0.3, -0.25) is 4.40 Å². The highest BCUT2D eigenvalue weighted by Gasteiger charge is 2.21. The number of nitrogens with one attached hydrogen (secondary N) is 1. The highest BCUT2D eigenvalue weighted by atomic mass is 35.5. The number of hydrogen-bond donors (Lipinski definition) is 2. The van der Waals surface area contributed by atoms with Gasteiger partial charge >= 0.3 is 0 Å². The number of benzene rings is 1. The zero-order valence-electron chi connectivity index (χ0n) is 17.5. The van der Waals surface area contributed by atoms with E-state index in [4.69, 9.17) is 33.2 Å². The van der Waals surface area contributed by atoms with Gasteiger partial charge in [0.1, 0.15) is 11.3 Å². The largest absolute Gasteiger partial charge is 0.392 e.